The number of anilines is 1. The molecular formula is C11H19N5O2. The van der Waals surface area contributed by atoms with Crippen molar-refractivity contribution in [1.29, 1.82) is 0 Å². The lowest BCUT2D eigenvalue weighted by Gasteiger charge is -2.11. The van der Waals surface area contributed by atoms with Crippen LogP contribution in [0.4, 0.5) is 5.82 Å². The quantitative estimate of drug-likeness (QED) is 0.722. The van der Waals surface area contributed by atoms with Crippen LogP contribution in [0.2, 0.25) is 0 Å². The van der Waals surface area contributed by atoms with Gasteiger partial charge in [-0.05, 0) is 25.8 Å². The summed E-state index contributed by atoms with van der Waals surface area (Å²) < 4.78 is 2.22. The molecule has 0 amide bonds. The average Bonchev–Trinajstić information content (AvgIpc) is 2.86. The first-order valence-electron chi connectivity index (χ1n) is 6.21. The minimum absolute atomic E-state index is 0.234. The highest BCUT2D eigenvalue weighted by Crippen LogP contribution is 2.08. The Balaban J connectivity index is 2.01. The second kappa shape index (κ2) is 5.34. The fourth-order valence-corrected chi connectivity index (χ4v) is 2.18. The van der Waals surface area contributed by atoms with E-state index >= 15 is 0 Å². The molecule has 1 aliphatic rings. The Morgan fingerprint density at radius 1 is 1.44 bits per heavy atom. The molecule has 0 bridgehead atoms. The second-order valence-electron chi connectivity index (χ2n) is 4.63. The molecule has 1 saturated heterocycles. The predicted octanol–water partition coefficient (Wildman–Crippen LogP) is -0.967. The number of nitrogens with one attached hydrogen (secondary N) is 2. The van der Waals surface area contributed by atoms with Gasteiger partial charge in [-0.2, -0.15) is 0 Å². The van der Waals surface area contributed by atoms with E-state index in [1.807, 2.05) is 0 Å². The van der Waals surface area contributed by atoms with Crippen molar-refractivity contribution in [2.75, 3.05) is 18.4 Å². The number of nitrogens with zero attached hydrogens (tertiary/aromatic N) is 3. The Morgan fingerprint density at radius 3 is 2.89 bits per heavy atom. The lowest BCUT2D eigenvalue weighted by Crippen LogP contribution is -2.40. The molecule has 1 atom stereocenters. The standard InChI is InChI=1S/C11H19N5O2/c1-15-10(17)9(14-16(2)11(15)18)13-7-5-8-4-3-6-12-8/h8,12H,3-7H2,1-2H3,(H,13,14)/t8-/m1/s1. The van der Waals surface area contributed by atoms with Crippen molar-refractivity contribution >= 4 is 5.82 Å². The van der Waals surface area contributed by atoms with Crippen LogP contribution in [0.3, 0.4) is 0 Å². The molecule has 1 aliphatic heterocycles. The maximum Gasteiger partial charge on any atom is 0.346 e. The molecule has 7 heteroatoms. The van der Waals surface area contributed by atoms with Gasteiger partial charge in [-0.3, -0.25) is 9.36 Å². The van der Waals surface area contributed by atoms with Crippen molar-refractivity contribution in [2.24, 2.45) is 14.1 Å². The molecule has 2 heterocycles. The molecule has 1 aromatic rings. The van der Waals surface area contributed by atoms with Crippen molar-refractivity contribution in [3.8, 4) is 0 Å². The van der Waals surface area contributed by atoms with Crippen LogP contribution in [-0.2, 0) is 14.1 Å². The summed E-state index contributed by atoms with van der Waals surface area (Å²) >= 11 is 0. The molecule has 2 rings (SSSR count). The molecule has 0 saturated carbocycles. The lowest BCUT2D eigenvalue weighted by molar-refractivity contribution is 0.568. The maximum absolute atomic E-state index is 11.8. The summed E-state index contributed by atoms with van der Waals surface area (Å²) in [4.78, 5) is 23.2. The molecule has 0 aliphatic carbocycles. The van der Waals surface area contributed by atoms with E-state index in [1.165, 1.54) is 26.9 Å². The molecule has 1 fully saturated rings. The van der Waals surface area contributed by atoms with Gasteiger partial charge >= 0.3 is 5.69 Å². The number of hydrogen-bond donors (Lipinski definition) is 2. The van der Waals surface area contributed by atoms with E-state index in [1.54, 1.807) is 0 Å². The monoisotopic (exact) mass is 253 g/mol. The summed E-state index contributed by atoms with van der Waals surface area (Å²) in [6.07, 6.45) is 3.35. The van der Waals surface area contributed by atoms with Crippen LogP contribution >= 0.6 is 0 Å². The number of aromatic nitrogens is 3. The Hall–Kier alpha value is -1.63. The highest BCUT2D eigenvalue weighted by Gasteiger charge is 2.14. The molecule has 0 spiro atoms. The minimum atomic E-state index is -0.414. The molecular weight excluding hydrogens is 234 g/mol. The molecule has 2 N–H and O–H groups in total. The largest absolute Gasteiger partial charge is 0.364 e. The highest BCUT2D eigenvalue weighted by molar-refractivity contribution is 5.29. The first kappa shape index (κ1) is 12.8. The third kappa shape index (κ3) is 2.61. The normalized spacial score (nSPS) is 19.1. The van der Waals surface area contributed by atoms with Gasteiger partial charge in [0.1, 0.15) is 0 Å². The summed E-state index contributed by atoms with van der Waals surface area (Å²) in [7, 11) is 2.99. The average molecular weight is 253 g/mol. The first-order valence-corrected chi connectivity index (χ1v) is 6.21. The number of rotatable bonds is 4. The summed E-state index contributed by atoms with van der Waals surface area (Å²) in [6, 6.07) is 0.522. The van der Waals surface area contributed by atoms with E-state index in [-0.39, 0.29) is 11.4 Å². The van der Waals surface area contributed by atoms with E-state index in [0.29, 0.717) is 12.6 Å². The van der Waals surface area contributed by atoms with E-state index in [4.69, 9.17) is 0 Å². The lowest BCUT2D eigenvalue weighted by atomic mass is 10.1. The van der Waals surface area contributed by atoms with Gasteiger partial charge in [-0.15, -0.1) is 5.10 Å². The Morgan fingerprint density at radius 2 is 2.22 bits per heavy atom. The van der Waals surface area contributed by atoms with Gasteiger partial charge in [-0.1, -0.05) is 0 Å². The zero-order valence-electron chi connectivity index (χ0n) is 10.8. The summed E-state index contributed by atoms with van der Waals surface area (Å²) in [6.45, 7) is 1.75. The van der Waals surface area contributed by atoms with Crippen LogP contribution < -0.4 is 21.9 Å². The molecule has 0 unspecified atom stereocenters. The summed E-state index contributed by atoms with van der Waals surface area (Å²) in [5, 5.41) is 10.3. The third-order valence-electron chi connectivity index (χ3n) is 3.27. The molecule has 7 nitrogen and oxygen atoms in total. The van der Waals surface area contributed by atoms with E-state index < -0.39 is 5.69 Å². The zero-order valence-corrected chi connectivity index (χ0v) is 10.8. The third-order valence-corrected chi connectivity index (χ3v) is 3.27. The second-order valence-corrected chi connectivity index (χ2v) is 4.63. The van der Waals surface area contributed by atoms with Crippen molar-refractivity contribution in [2.45, 2.75) is 25.3 Å². The van der Waals surface area contributed by atoms with Crippen LogP contribution in [0.25, 0.3) is 0 Å². The predicted molar refractivity (Wildman–Crippen MR) is 68.9 cm³/mol. The van der Waals surface area contributed by atoms with Crippen LogP contribution in [0.5, 0.6) is 0 Å². The van der Waals surface area contributed by atoms with Crippen LogP contribution in [-0.4, -0.2) is 33.5 Å². The van der Waals surface area contributed by atoms with E-state index in [2.05, 4.69) is 15.7 Å². The van der Waals surface area contributed by atoms with Crippen LogP contribution in [0, 0.1) is 0 Å². The van der Waals surface area contributed by atoms with Crippen LogP contribution in [0.15, 0.2) is 9.59 Å². The summed E-state index contributed by atoms with van der Waals surface area (Å²) in [5.74, 6) is 0.234. The Bertz CT molecular complexity index is 527. The van der Waals surface area contributed by atoms with Crippen molar-refractivity contribution in [1.82, 2.24) is 19.7 Å². The Kier molecular flexibility index (Phi) is 3.81. The molecule has 1 aromatic heterocycles. The molecule has 18 heavy (non-hydrogen) atoms. The van der Waals surface area contributed by atoms with Gasteiger partial charge < -0.3 is 10.6 Å². The number of hydrogen-bond acceptors (Lipinski definition) is 5. The van der Waals surface area contributed by atoms with Gasteiger partial charge in [0.2, 0.25) is 5.82 Å². The molecule has 100 valence electrons. The highest BCUT2D eigenvalue weighted by atomic mass is 16.2. The fourth-order valence-electron chi connectivity index (χ4n) is 2.18. The maximum atomic E-state index is 11.8. The zero-order chi connectivity index (χ0) is 13.1. The van der Waals surface area contributed by atoms with Crippen molar-refractivity contribution < 1.29 is 0 Å². The van der Waals surface area contributed by atoms with Gasteiger partial charge in [0, 0.05) is 26.7 Å². The molecule has 0 aromatic carbocycles. The Labute approximate surface area is 105 Å². The van der Waals surface area contributed by atoms with Crippen molar-refractivity contribution in [3.63, 3.8) is 0 Å². The fraction of sp³-hybridized carbons (Fsp3) is 0.727. The van der Waals surface area contributed by atoms with Crippen LogP contribution in [0.1, 0.15) is 19.3 Å². The SMILES string of the molecule is Cn1nc(NCC[C@H]2CCCN2)c(=O)n(C)c1=O. The smallest absolute Gasteiger partial charge is 0.346 e. The van der Waals surface area contributed by atoms with Gasteiger partial charge in [0.15, 0.2) is 0 Å². The first-order chi connectivity index (χ1) is 8.59. The van der Waals surface area contributed by atoms with Crippen molar-refractivity contribution in [3.05, 3.63) is 20.8 Å². The topological polar surface area (TPSA) is 81.0 Å². The minimum Gasteiger partial charge on any atom is -0.364 e. The number of aryl methyl sites for hydroxylation is 1. The molecule has 0 radical (unpaired) electrons. The van der Waals surface area contributed by atoms with E-state index in [9.17, 15) is 9.59 Å². The van der Waals surface area contributed by atoms with E-state index in [0.717, 1.165) is 22.2 Å². The van der Waals surface area contributed by atoms with Gasteiger partial charge in [-0.25, -0.2) is 9.48 Å². The summed E-state index contributed by atoms with van der Waals surface area (Å²) in [5.41, 5.74) is -0.791. The van der Waals surface area contributed by atoms with Gasteiger partial charge in [0.05, 0.1) is 0 Å². The van der Waals surface area contributed by atoms with Gasteiger partial charge in [0.25, 0.3) is 5.56 Å².